The van der Waals surface area contributed by atoms with Crippen LogP contribution in [0.2, 0.25) is 4.34 Å². The Hall–Kier alpha value is -0.0900. The smallest absolute Gasteiger partial charge is 0.0932 e. The second kappa shape index (κ2) is 5.60. The van der Waals surface area contributed by atoms with E-state index in [1.54, 1.807) is 11.3 Å². The van der Waals surface area contributed by atoms with Gasteiger partial charge in [-0.1, -0.05) is 11.6 Å². The minimum atomic E-state index is 0.672. The molecule has 74 valence electrons. The normalized spacial score (nSPS) is 11.1. The Kier molecular flexibility index (Phi) is 4.73. The van der Waals surface area contributed by atoms with Crippen molar-refractivity contribution >= 4 is 22.9 Å². The zero-order valence-corrected chi connectivity index (χ0v) is 9.49. The van der Waals surface area contributed by atoms with E-state index >= 15 is 0 Å². The van der Waals surface area contributed by atoms with E-state index in [0.29, 0.717) is 6.61 Å². The Balaban J connectivity index is 2.13. The summed E-state index contributed by atoms with van der Waals surface area (Å²) in [5, 5.41) is 0. The number of hydrogen-bond acceptors (Lipinski definition) is 3. The molecule has 4 heteroatoms. The first kappa shape index (κ1) is 11.0. The quantitative estimate of drug-likeness (QED) is 0.706. The van der Waals surface area contributed by atoms with E-state index in [4.69, 9.17) is 16.3 Å². The minimum absolute atomic E-state index is 0.672. The summed E-state index contributed by atoms with van der Waals surface area (Å²) in [5.74, 6) is 0. The van der Waals surface area contributed by atoms with Gasteiger partial charge >= 0.3 is 0 Å². The fourth-order valence-electron chi connectivity index (χ4n) is 0.849. The molecule has 0 fully saturated rings. The number of halogens is 1. The monoisotopic (exact) mass is 219 g/mol. The van der Waals surface area contributed by atoms with Crippen LogP contribution in [0.3, 0.4) is 0 Å². The van der Waals surface area contributed by atoms with Crippen molar-refractivity contribution in [2.75, 3.05) is 27.2 Å². The van der Waals surface area contributed by atoms with E-state index in [1.807, 2.05) is 26.2 Å². The van der Waals surface area contributed by atoms with Gasteiger partial charge in [0.25, 0.3) is 0 Å². The van der Waals surface area contributed by atoms with Crippen LogP contribution in [0.15, 0.2) is 12.1 Å². The lowest BCUT2D eigenvalue weighted by atomic mass is 10.5. The van der Waals surface area contributed by atoms with E-state index in [0.717, 1.165) is 17.5 Å². The fourth-order valence-corrected chi connectivity index (χ4v) is 1.87. The first-order chi connectivity index (χ1) is 6.18. The number of ether oxygens (including phenoxy) is 1. The number of rotatable bonds is 5. The second-order valence-corrected chi connectivity index (χ2v) is 4.86. The summed E-state index contributed by atoms with van der Waals surface area (Å²) >= 11 is 7.35. The highest BCUT2D eigenvalue weighted by Crippen LogP contribution is 2.21. The Morgan fingerprint density at radius 1 is 1.46 bits per heavy atom. The summed E-state index contributed by atoms with van der Waals surface area (Å²) in [6, 6.07) is 3.90. The zero-order chi connectivity index (χ0) is 9.68. The molecule has 0 aliphatic heterocycles. The molecule has 1 aromatic heterocycles. The van der Waals surface area contributed by atoms with E-state index in [-0.39, 0.29) is 0 Å². The van der Waals surface area contributed by atoms with Crippen LogP contribution in [-0.2, 0) is 11.3 Å². The first-order valence-electron chi connectivity index (χ1n) is 4.15. The van der Waals surface area contributed by atoms with Gasteiger partial charge < -0.3 is 9.64 Å². The van der Waals surface area contributed by atoms with Crippen molar-refractivity contribution < 1.29 is 4.74 Å². The minimum Gasteiger partial charge on any atom is -0.375 e. The third kappa shape index (κ3) is 4.62. The summed E-state index contributed by atoms with van der Waals surface area (Å²) in [6.45, 7) is 2.40. The highest BCUT2D eigenvalue weighted by Gasteiger charge is 1.97. The Morgan fingerprint density at radius 3 is 2.77 bits per heavy atom. The van der Waals surface area contributed by atoms with Crippen molar-refractivity contribution in [3.05, 3.63) is 21.3 Å². The van der Waals surface area contributed by atoms with Crippen molar-refractivity contribution in [2.24, 2.45) is 0 Å². The third-order valence-electron chi connectivity index (χ3n) is 1.56. The molecular formula is C9H14ClNOS. The number of nitrogens with zero attached hydrogens (tertiary/aromatic N) is 1. The van der Waals surface area contributed by atoms with Gasteiger partial charge in [-0.2, -0.15) is 0 Å². The van der Waals surface area contributed by atoms with Crippen LogP contribution in [0.5, 0.6) is 0 Å². The van der Waals surface area contributed by atoms with Gasteiger partial charge in [0.05, 0.1) is 17.6 Å². The topological polar surface area (TPSA) is 12.5 Å². The second-order valence-electron chi connectivity index (χ2n) is 3.06. The van der Waals surface area contributed by atoms with Crippen LogP contribution in [0.4, 0.5) is 0 Å². The third-order valence-corrected chi connectivity index (χ3v) is 2.76. The van der Waals surface area contributed by atoms with Crippen LogP contribution in [-0.4, -0.2) is 32.1 Å². The maximum Gasteiger partial charge on any atom is 0.0932 e. The van der Waals surface area contributed by atoms with Crippen LogP contribution in [0, 0.1) is 0 Å². The van der Waals surface area contributed by atoms with Crippen molar-refractivity contribution in [1.29, 1.82) is 0 Å². The van der Waals surface area contributed by atoms with Gasteiger partial charge in [-0.25, -0.2) is 0 Å². The molecule has 0 amide bonds. The van der Waals surface area contributed by atoms with Crippen molar-refractivity contribution in [3.8, 4) is 0 Å². The molecular weight excluding hydrogens is 206 g/mol. The molecule has 0 saturated heterocycles. The predicted octanol–water partition coefficient (Wildman–Crippen LogP) is 2.48. The summed E-state index contributed by atoms with van der Waals surface area (Å²) in [5.41, 5.74) is 0. The molecule has 0 aromatic carbocycles. The maximum absolute atomic E-state index is 5.78. The number of thiophene rings is 1. The molecule has 0 N–H and O–H groups in total. The Labute approximate surface area is 88.1 Å². The van der Waals surface area contributed by atoms with Crippen molar-refractivity contribution in [3.63, 3.8) is 0 Å². The molecule has 0 spiro atoms. The lowest BCUT2D eigenvalue weighted by Gasteiger charge is -2.08. The first-order valence-corrected chi connectivity index (χ1v) is 5.34. The number of likely N-dealkylation sites (N-methyl/N-ethyl adjacent to an activating group) is 1. The standard InChI is InChI=1S/C9H14ClNOS/c1-11(2)5-6-12-7-8-3-4-9(10)13-8/h3-4H,5-7H2,1-2H3. The molecule has 1 rings (SSSR count). The highest BCUT2D eigenvalue weighted by molar-refractivity contribution is 7.16. The molecule has 1 heterocycles. The van der Waals surface area contributed by atoms with Crippen LogP contribution in [0.1, 0.15) is 4.88 Å². The van der Waals surface area contributed by atoms with Crippen LogP contribution >= 0.6 is 22.9 Å². The molecule has 1 aromatic rings. The molecule has 0 aliphatic rings. The molecule has 0 radical (unpaired) electrons. The number of hydrogen-bond donors (Lipinski definition) is 0. The van der Waals surface area contributed by atoms with Gasteiger partial charge in [-0.15, -0.1) is 11.3 Å². The molecule has 0 bridgehead atoms. The van der Waals surface area contributed by atoms with Crippen LogP contribution in [0.25, 0.3) is 0 Å². The van der Waals surface area contributed by atoms with E-state index in [1.165, 1.54) is 4.88 Å². The molecule has 13 heavy (non-hydrogen) atoms. The van der Waals surface area contributed by atoms with Crippen molar-refractivity contribution in [2.45, 2.75) is 6.61 Å². The molecule has 0 aliphatic carbocycles. The predicted molar refractivity (Wildman–Crippen MR) is 57.5 cm³/mol. The summed E-state index contributed by atoms with van der Waals surface area (Å²) in [7, 11) is 4.07. The zero-order valence-electron chi connectivity index (χ0n) is 7.92. The lowest BCUT2D eigenvalue weighted by molar-refractivity contribution is 0.107. The van der Waals surface area contributed by atoms with Gasteiger partial charge in [-0.3, -0.25) is 0 Å². The highest BCUT2D eigenvalue weighted by atomic mass is 35.5. The van der Waals surface area contributed by atoms with Crippen LogP contribution < -0.4 is 0 Å². The van der Waals surface area contributed by atoms with Gasteiger partial charge in [0.1, 0.15) is 0 Å². The molecule has 0 saturated carbocycles. The average Bonchev–Trinajstić information content (AvgIpc) is 2.45. The van der Waals surface area contributed by atoms with Gasteiger partial charge in [0.15, 0.2) is 0 Å². The fraction of sp³-hybridized carbons (Fsp3) is 0.556. The molecule has 0 unspecified atom stereocenters. The molecule has 2 nitrogen and oxygen atoms in total. The van der Waals surface area contributed by atoms with E-state index < -0.39 is 0 Å². The lowest BCUT2D eigenvalue weighted by Crippen LogP contribution is -2.17. The van der Waals surface area contributed by atoms with E-state index in [2.05, 4.69) is 4.90 Å². The Bertz CT molecular complexity index is 250. The van der Waals surface area contributed by atoms with E-state index in [9.17, 15) is 0 Å². The maximum atomic E-state index is 5.78. The summed E-state index contributed by atoms with van der Waals surface area (Å²) in [4.78, 5) is 3.28. The average molecular weight is 220 g/mol. The largest absolute Gasteiger partial charge is 0.375 e. The molecule has 0 atom stereocenters. The van der Waals surface area contributed by atoms with Gasteiger partial charge in [0, 0.05) is 11.4 Å². The summed E-state index contributed by atoms with van der Waals surface area (Å²) in [6.07, 6.45) is 0. The van der Waals surface area contributed by atoms with Gasteiger partial charge in [0.2, 0.25) is 0 Å². The SMILES string of the molecule is CN(C)CCOCc1ccc(Cl)s1. The van der Waals surface area contributed by atoms with Crippen molar-refractivity contribution in [1.82, 2.24) is 4.90 Å². The summed E-state index contributed by atoms with van der Waals surface area (Å²) < 4.78 is 6.28. The Morgan fingerprint density at radius 2 is 2.23 bits per heavy atom. The van der Waals surface area contributed by atoms with Gasteiger partial charge in [-0.05, 0) is 26.2 Å².